The molecule has 0 bridgehead atoms. The first-order valence-corrected chi connectivity index (χ1v) is 34.6. The molecule has 0 heterocycles. The normalized spacial score (nSPS) is 12.4. The van der Waals surface area contributed by atoms with Crippen molar-refractivity contribution in [3.05, 3.63) is 261 Å². The van der Waals surface area contributed by atoms with Crippen LogP contribution in [0.1, 0.15) is 108 Å². The quantitative estimate of drug-likeness (QED) is 0.0451. The van der Waals surface area contributed by atoms with E-state index in [9.17, 15) is 125 Å². The van der Waals surface area contributed by atoms with Crippen molar-refractivity contribution in [1.29, 1.82) is 0 Å². The van der Waals surface area contributed by atoms with Gasteiger partial charge >= 0.3 is 73.5 Å². The van der Waals surface area contributed by atoms with Crippen molar-refractivity contribution in [2.45, 2.75) is 102 Å². The number of urea groups is 4. The van der Waals surface area contributed by atoms with Gasteiger partial charge in [0.2, 0.25) is 0 Å². The van der Waals surface area contributed by atoms with Crippen LogP contribution in [-0.2, 0) is 60.2 Å². The lowest BCUT2D eigenvalue weighted by molar-refractivity contribution is -0.144. The highest BCUT2D eigenvalue weighted by molar-refractivity contribution is 6.03. The third-order valence-electron chi connectivity index (χ3n) is 17.6. The Morgan fingerprint density at radius 2 is 0.358 bits per heavy atom. The maximum Gasteiger partial charge on any atom is 0.416 e. The lowest BCUT2D eigenvalue weighted by atomic mass is 9.80. The molecule has 0 aliphatic heterocycles. The van der Waals surface area contributed by atoms with Crippen LogP contribution < -0.4 is 42.5 Å². The summed E-state index contributed by atoms with van der Waals surface area (Å²) in [4.78, 5) is 53.2. The maximum atomic E-state index is 13.8. The number of amides is 8. The second-order valence-corrected chi connectivity index (χ2v) is 28.7. The highest BCUT2D eigenvalue weighted by atomic mass is 19.4. The zero-order valence-electron chi connectivity index (χ0n) is 62.2. The Labute approximate surface area is 665 Å². The largest absolute Gasteiger partial charge is 0.416 e. The number of anilines is 8. The predicted molar refractivity (Wildman–Crippen MR) is 402 cm³/mol. The second-order valence-electron chi connectivity index (χ2n) is 28.7. The van der Waals surface area contributed by atoms with Gasteiger partial charge in [-0.05, 0) is 224 Å². The molecule has 626 valence electrons. The van der Waals surface area contributed by atoms with Gasteiger partial charge in [0.15, 0.2) is 0 Å². The van der Waals surface area contributed by atoms with Gasteiger partial charge in [-0.25, -0.2) is 19.2 Å². The number of nitrogens with one attached hydrogen (secondary N) is 8. The van der Waals surface area contributed by atoms with E-state index in [4.69, 9.17) is 0 Å². The van der Waals surface area contributed by atoms with E-state index in [1.165, 1.54) is 97.1 Å². The molecule has 120 heavy (non-hydrogen) atoms. The van der Waals surface area contributed by atoms with Gasteiger partial charge in [0.25, 0.3) is 0 Å². The molecule has 0 aliphatic rings. The fourth-order valence-corrected chi connectivity index (χ4v) is 11.7. The molecule has 0 spiro atoms. The molecular formula is C84H58F24N8O4. The fraction of sp³-hybridized carbons (Fsp3) is 0.190. The molecule has 8 N–H and O–H groups in total. The van der Waals surface area contributed by atoms with Crippen molar-refractivity contribution in [1.82, 2.24) is 0 Å². The van der Waals surface area contributed by atoms with E-state index in [1.54, 1.807) is 24.3 Å². The summed E-state index contributed by atoms with van der Waals surface area (Å²) >= 11 is 0. The van der Waals surface area contributed by atoms with Gasteiger partial charge in [-0.15, -0.1) is 0 Å². The zero-order chi connectivity index (χ0) is 88.6. The molecule has 0 atom stereocenters. The third-order valence-corrected chi connectivity index (χ3v) is 17.6. The fourth-order valence-electron chi connectivity index (χ4n) is 11.7. The molecule has 0 radical (unpaired) electrons. The number of carbonyl (C=O) groups excluding carboxylic acids is 4. The average Bonchev–Trinajstić information content (AvgIpc) is 0.771. The molecule has 0 saturated heterocycles. The summed E-state index contributed by atoms with van der Waals surface area (Å²) < 4.78 is 330. The molecule has 0 aromatic heterocycles. The second kappa shape index (κ2) is 33.3. The van der Waals surface area contributed by atoms with E-state index >= 15 is 0 Å². The molecule has 10 aromatic rings. The van der Waals surface area contributed by atoms with Crippen molar-refractivity contribution in [3.63, 3.8) is 0 Å². The Balaban J connectivity index is 1.09. The number of rotatable bonds is 12. The third kappa shape index (κ3) is 22.9. The number of hydrogen-bond donors (Lipinski definition) is 8. The van der Waals surface area contributed by atoms with Gasteiger partial charge in [0.05, 0.1) is 44.5 Å². The van der Waals surface area contributed by atoms with Crippen LogP contribution >= 0.6 is 0 Å². The molecule has 12 nitrogen and oxygen atoms in total. The first kappa shape index (κ1) is 89.1. The Bertz CT molecular complexity index is 4920. The number of hydrogen-bond acceptors (Lipinski definition) is 4. The molecule has 0 unspecified atom stereocenters. The Kier molecular flexibility index (Phi) is 24.7. The minimum Gasteiger partial charge on any atom is -0.308 e. The van der Waals surface area contributed by atoms with Crippen molar-refractivity contribution in [3.8, 4) is 68.2 Å². The molecule has 0 aliphatic carbocycles. The maximum absolute atomic E-state index is 13.8. The summed E-state index contributed by atoms with van der Waals surface area (Å²) in [5, 5.41) is 17.3. The molecule has 0 saturated carbocycles. The highest BCUT2D eigenvalue weighted by Crippen LogP contribution is 2.46. The summed E-state index contributed by atoms with van der Waals surface area (Å²) in [5.41, 5.74) is -15.2. The zero-order valence-corrected chi connectivity index (χ0v) is 62.2. The molecule has 36 heteroatoms. The Morgan fingerprint density at radius 3 is 0.500 bits per heavy atom. The molecule has 10 rings (SSSR count). The smallest absolute Gasteiger partial charge is 0.308 e. The molecule has 10 aromatic carbocycles. The van der Waals surface area contributed by atoms with E-state index in [1.807, 2.05) is 62.8 Å². The van der Waals surface area contributed by atoms with E-state index in [0.717, 1.165) is 0 Å². The number of benzene rings is 10. The summed E-state index contributed by atoms with van der Waals surface area (Å²) in [6.07, 6.45) is -42.2. The van der Waals surface area contributed by atoms with E-state index in [-0.39, 0.29) is 107 Å². The first-order valence-electron chi connectivity index (χ1n) is 34.6. The van der Waals surface area contributed by atoms with Gasteiger partial charge < -0.3 is 42.5 Å². The highest BCUT2D eigenvalue weighted by Gasteiger charge is 2.42. The van der Waals surface area contributed by atoms with Crippen LogP contribution in [0, 0.1) is 23.7 Å². The summed E-state index contributed by atoms with van der Waals surface area (Å²) in [6.45, 7) is 10.9. The minimum absolute atomic E-state index is 0.0668. The van der Waals surface area contributed by atoms with Crippen LogP contribution in [0.4, 0.5) is 170 Å². The van der Waals surface area contributed by atoms with Crippen molar-refractivity contribution >= 4 is 69.6 Å². The SMILES string of the molecule is CC(C)(C)c1cc(-c2ccc(NC(=O)Nc3cc(C(F)(F)F)cc(C(F)(F)F)c3)cc2)c(C#CC#Cc2c(-c3ccc(NC(=O)Nc4cc(C(F)(F)F)cc(C(F)(F)F)c4)cc3)cc(C(C)(C)C)cc2-c2ccc(NC(=O)Nc3cc(C(F)(F)F)cc(C(F)(F)F)c3)cc2)c(-c2ccc(NC(=O)Nc3cc(C(F)(F)F)cc(C(F)(F)F)c3)cc2)c1. The molecular weight excluding hydrogens is 1640 g/mol. The van der Waals surface area contributed by atoms with Crippen LogP contribution in [0.2, 0.25) is 0 Å². The van der Waals surface area contributed by atoms with Gasteiger partial charge in [-0.1, -0.05) is 102 Å². The van der Waals surface area contributed by atoms with Crippen LogP contribution in [0.5, 0.6) is 0 Å². The minimum atomic E-state index is -5.27. The average molecular weight is 1700 g/mol. The Hall–Kier alpha value is -13.3. The van der Waals surface area contributed by atoms with E-state index in [0.29, 0.717) is 55.6 Å². The summed E-state index contributed by atoms with van der Waals surface area (Å²) in [6, 6.07) is 25.4. The van der Waals surface area contributed by atoms with Crippen LogP contribution in [0.3, 0.4) is 0 Å². The first-order chi connectivity index (χ1) is 55.3. The predicted octanol–water partition coefficient (Wildman–Crippen LogP) is 27.1. The molecule has 0 fully saturated rings. The lowest BCUT2D eigenvalue weighted by Gasteiger charge is -2.23. The standard InChI is InChI=1S/C84H58F24N8O4/c1-75(2,3)47-39-67(43-11-19-57(20-12-43)109-71(117)113-61-31-49(77(85,86)87)27-50(32-61)78(88,89)90)65(68(40-47)44-13-21-58(22-14-44)110-72(118)114-62-33-51(79(91,92)93)28-52(34-62)80(94,95)96)9-7-8-10-66-69(45-15-23-59(24-16-45)111-73(119)115-63-35-53(81(97,98)99)29-54(36-63)82(100,101)102)41-48(76(4,5)6)42-70(66)46-17-25-60(26-18-46)112-74(120)116-64-37-55(83(103,104)105)30-56(38-64)84(106,107)108/h11-42H,1-6H3,(H2,109,113,117)(H2,110,114,118)(H2,111,115,119)(H2,112,116,120). The number of alkyl halides is 24. The summed E-state index contributed by atoms with van der Waals surface area (Å²) in [7, 11) is 0. The topological polar surface area (TPSA) is 165 Å². The van der Waals surface area contributed by atoms with Gasteiger partial charge in [0.1, 0.15) is 0 Å². The van der Waals surface area contributed by atoms with Gasteiger partial charge in [-0.2, -0.15) is 105 Å². The van der Waals surface area contributed by atoms with Crippen LogP contribution in [0.25, 0.3) is 44.5 Å². The van der Waals surface area contributed by atoms with Crippen molar-refractivity contribution < 1.29 is 125 Å². The number of halogens is 24. The lowest BCUT2D eigenvalue weighted by Crippen LogP contribution is -2.20. The van der Waals surface area contributed by atoms with Crippen molar-refractivity contribution in [2.75, 3.05) is 42.5 Å². The monoisotopic (exact) mass is 1700 g/mol. The van der Waals surface area contributed by atoms with E-state index < -0.39 is 152 Å². The van der Waals surface area contributed by atoms with Gasteiger partial charge in [0, 0.05) is 56.6 Å². The van der Waals surface area contributed by atoms with Crippen LogP contribution in [0.15, 0.2) is 194 Å². The molecule has 8 amide bonds. The van der Waals surface area contributed by atoms with E-state index in [2.05, 4.69) is 44.9 Å². The Morgan fingerprint density at radius 1 is 0.208 bits per heavy atom. The summed E-state index contributed by atoms with van der Waals surface area (Å²) in [5.74, 6) is 11.9. The van der Waals surface area contributed by atoms with Gasteiger partial charge in [-0.3, -0.25) is 0 Å². The number of carbonyl (C=O) groups is 4. The van der Waals surface area contributed by atoms with Crippen LogP contribution in [-0.4, -0.2) is 24.1 Å². The van der Waals surface area contributed by atoms with Crippen molar-refractivity contribution in [2.24, 2.45) is 0 Å².